The number of aromatic nitrogens is 1. The highest BCUT2D eigenvalue weighted by Gasteiger charge is 2.22. The number of nitrogens with one attached hydrogen (secondary N) is 1. The Balaban J connectivity index is 1.63. The average molecular weight is 394 g/mol. The van der Waals surface area contributed by atoms with Gasteiger partial charge in [-0.15, -0.1) is 0 Å². The fourth-order valence-electron chi connectivity index (χ4n) is 3.06. The van der Waals surface area contributed by atoms with Crippen molar-refractivity contribution in [2.24, 2.45) is 5.92 Å². The number of ketones is 1. The summed E-state index contributed by atoms with van der Waals surface area (Å²) in [5, 5.41) is 2.96. The molecule has 6 heteroatoms. The average Bonchev–Trinajstić information content (AvgIpc) is 3.15. The van der Waals surface area contributed by atoms with Crippen LogP contribution in [0.25, 0.3) is 11.1 Å². The summed E-state index contributed by atoms with van der Waals surface area (Å²) in [6.07, 6.45) is 1.15. The van der Waals surface area contributed by atoms with Gasteiger partial charge in [-0.25, -0.2) is 4.98 Å². The van der Waals surface area contributed by atoms with E-state index >= 15 is 0 Å². The molecule has 1 N–H and O–H groups in total. The molecule has 0 radical (unpaired) electrons. The first-order valence-corrected chi connectivity index (χ1v) is 9.87. The van der Waals surface area contributed by atoms with Crippen molar-refractivity contribution in [1.82, 2.24) is 10.3 Å². The lowest BCUT2D eigenvalue weighted by Crippen LogP contribution is -2.33. The number of ether oxygens (including phenoxy) is 1. The summed E-state index contributed by atoms with van der Waals surface area (Å²) in [6, 6.07) is 14.0. The lowest BCUT2D eigenvalue weighted by molar-refractivity contribution is -0.124. The van der Waals surface area contributed by atoms with Gasteiger partial charge in [-0.1, -0.05) is 32.9 Å². The van der Waals surface area contributed by atoms with Gasteiger partial charge in [-0.3, -0.25) is 9.59 Å². The summed E-state index contributed by atoms with van der Waals surface area (Å²) in [5.74, 6) is 1.20. The second-order valence-electron chi connectivity index (χ2n) is 7.36. The normalized spacial score (nSPS) is 12.1. The second kappa shape index (κ2) is 9.37. The van der Waals surface area contributed by atoms with Crippen molar-refractivity contribution in [3.63, 3.8) is 0 Å². The highest BCUT2D eigenvalue weighted by molar-refractivity contribution is 5.95. The summed E-state index contributed by atoms with van der Waals surface area (Å²) in [7, 11) is 0. The minimum Gasteiger partial charge on any atom is -0.484 e. The van der Waals surface area contributed by atoms with Crippen LogP contribution in [-0.4, -0.2) is 23.3 Å². The highest BCUT2D eigenvalue weighted by Crippen LogP contribution is 2.25. The number of hydrogen-bond donors (Lipinski definition) is 1. The van der Waals surface area contributed by atoms with Crippen molar-refractivity contribution in [3.05, 3.63) is 60.0 Å². The van der Waals surface area contributed by atoms with Crippen LogP contribution in [0.4, 0.5) is 0 Å². The van der Waals surface area contributed by atoms with Gasteiger partial charge >= 0.3 is 0 Å². The molecule has 0 saturated carbocycles. The molecule has 2 aromatic carbocycles. The highest BCUT2D eigenvalue weighted by atomic mass is 16.5. The Kier molecular flexibility index (Phi) is 6.65. The summed E-state index contributed by atoms with van der Waals surface area (Å²) in [5.41, 5.74) is 2.10. The van der Waals surface area contributed by atoms with Gasteiger partial charge in [0, 0.05) is 12.0 Å². The molecule has 0 saturated heterocycles. The SMILES string of the molecule is CCC(=O)c1ccc(OCC(=O)N[C@@H](CC(C)C)c2nc3ccccc3o2)cc1. The third-order valence-corrected chi connectivity index (χ3v) is 4.52. The predicted octanol–water partition coefficient (Wildman–Crippen LogP) is 4.70. The van der Waals surface area contributed by atoms with E-state index in [1.54, 1.807) is 24.3 Å². The van der Waals surface area contributed by atoms with E-state index in [0.717, 1.165) is 5.52 Å². The van der Waals surface area contributed by atoms with Crippen molar-refractivity contribution in [2.75, 3.05) is 6.61 Å². The van der Waals surface area contributed by atoms with E-state index in [9.17, 15) is 9.59 Å². The van der Waals surface area contributed by atoms with Gasteiger partial charge in [0.2, 0.25) is 5.89 Å². The summed E-state index contributed by atoms with van der Waals surface area (Å²) in [6.45, 7) is 5.85. The summed E-state index contributed by atoms with van der Waals surface area (Å²) in [4.78, 5) is 28.7. The van der Waals surface area contributed by atoms with Crippen molar-refractivity contribution in [3.8, 4) is 5.75 Å². The number of carbonyl (C=O) groups excluding carboxylic acids is 2. The largest absolute Gasteiger partial charge is 0.484 e. The smallest absolute Gasteiger partial charge is 0.258 e. The quantitative estimate of drug-likeness (QED) is 0.532. The minimum atomic E-state index is -0.331. The number of fused-ring (bicyclic) bond motifs is 1. The molecule has 152 valence electrons. The standard InChI is InChI=1S/C23H26N2O4/c1-4-20(26)16-9-11-17(12-10-16)28-14-22(27)24-19(13-15(2)3)23-25-18-7-5-6-8-21(18)29-23/h5-12,15,19H,4,13-14H2,1-3H3,(H,24,27)/t19-/m0/s1. The fourth-order valence-corrected chi connectivity index (χ4v) is 3.06. The minimum absolute atomic E-state index is 0.0733. The predicted molar refractivity (Wildman–Crippen MR) is 111 cm³/mol. The third kappa shape index (κ3) is 5.44. The van der Waals surface area contributed by atoms with E-state index in [-0.39, 0.29) is 24.3 Å². The van der Waals surface area contributed by atoms with E-state index < -0.39 is 0 Å². The van der Waals surface area contributed by atoms with E-state index in [1.807, 2.05) is 31.2 Å². The van der Waals surface area contributed by atoms with E-state index in [0.29, 0.717) is 41.5 Å². The molecule has 0 aliphatic carbocycles. The molecular weight excluding hydrogens is 368 g/mol. The number of Topliss-reactive ketones (excluding diaryl/α,β-unsaturated/α-hetero) is 1. The van der Waals surface area contributed by atoms with Gasteiger partial charge in [0.1, 0.15) is 17.3 Å². The maximum atomic E-state index is 12.5. The molecule has 29 heavy (non-hydrogen) atoms. The maximum Gasteiger partial charge on any atom is 0.258 e. The zero-order chi connectivity index (χ0) is 20.8. The van der Waals surface area contributed by atoms with Crippen molar-refractivity contribution >= 4 is 22.8 Å². The molecule has 1 amide bonds. The van der Waals surface area contributed by atoms with Crippen LogP contribution in [0.5, 0.6) is 5.75 Å². The first-order valence-electron chi connectivity index (χ1n) is 9.87. The summed E-state index contributed by atoms with van der Waals surface area (Å²) < 4.78 is 11.4. The van der Waals surface area contributed by atoms with Gasteiger partial charge in [0.15, 0.2) is 18.0 Å². The topological polar surface area (TPSA) is 81.4 Å². The van der Waals surface area contributed by atoms with Crippen LogP contribution < -0.4 is 10.1 Å². The Labute approximate surface area is 170 Å². The molecule has 0 unspecified atom stereocenters. The van der Waals surface area contributed by atoms with Crippen LogP contribution in [0, 0.1) is 5.92 Å². The molecule has 1 heterocycles. The molecule has 0 aliphatic heterocycles. The number of amides is 1. The van der Waals surface area contributed by atoms with Crippen LogP contribution >= 0.6 is 0 Å². The van der Waals surface area contributed by atoms with E-state index in [1.165, 1.54) is 0 Å². The molecule has 0 aliphatic rings. The van der Waals surface area contributed by atoms with Crippen LogP contribution in [0.2, 0.25) is 0 Å². The lowest BCUT2D eigenvalue weighted by atomic mass is 10.0. The first kappa shape index (κ1) is 20.6. The second-order valence-corrected chi connectivity index (χ2v) is 7.36. The molecule has 0 bridgehead atoms. The van der Waals surface area contributed by atoms with Gasteiger partial charge in [-0.05, 0) is 48.7 Å². The number of rotatable bonds is 9. The van der Waals surface area contributed by atoms with Crippen LogP contribution in [0.15, 0.2) is 52.9 Å². The molecule has 0 spiro atoms. The van der Waals surface area contributed by atoms with Crippen molar-refractivity contribution in [2.45, 2.75) is 39.7 Å². The monoisotopic (exact) mass is 394 g/mol. The molecule has 1 aromatic heterocycles. The Morgan fingerprint density at radius 2 is 1.83 bits per heavy atom. The van der Waals surface area contributed by atoms with Crippen LogP contribution in [0.3, 0.4) is 0 Å². The van der Waals surface area contributed by atoms with E-state index in [4.69, 9.17) is 9.15 Å². The fraction of sp³-hybridized carbons (Fsp3) is 0.348. The molecule has 3 rings (SSSR count). The van der Waals surface area contributed by atoms with Gasteiger partial charge < -0.3 is 14.5 Å². The van der Waals surface area contributed by atoms with E-state index in [2.05, 4.69) is 24.1 Å². The van der Waals surface area contributed by atoms with Crippen LogP contribution in [0.1, 0.15) is 55.9 Å². The zero-order valence-electron chi connectivity index (χ0n) is 17.0. The lowest BCUT2D eigenvalue weighted by Gasteiger charge is -2.17. The first-order chi connectivity index (χ1) is 14.0. The Morgan fingerprint density at radius 3 is 2.48 bits per heavy atom. The number of hydrogen-bond acceptors (Lipinski definition) is 5. The number of para-hydroxylation sites is 2. The Bertz CT molecular complexity index is 943. The number of benzene rings is 2. The molecule has 1 atom stereocenters. The molecule has 3 aromatic rings. The third-order valence-electron chi connectivity index (χ3n) is 4.52. The Hall–Kier alpha value is -3.15. The Morgan fingerprint density at radius 1 is 1.10 bits per heavy atom. The van der Waals surface area contributed by atoms with Crippen LogP contribution in [-0.2, 0) is 4.79 Å². The van der Waals surface area contributed by atoms with Crippen molar-refractivity contribution < 1.29 is 18.7 Å². The maximum absolute atomic E-state index is 12.5. The molecule has 6 nitrogen and oxygen atoms in total. The molecular formula is C23H26N2O4. The van der Waals surface area contributed by atoms with Gasteiger partial charge in [0.05, 0.1) is 0 Å². The number of oxazole rings is 1. The van der Waals surface area contributed by atoms with Crippen molar-refractivity contribution in [1.29, 1.82) is 0 Å². The number of carbonyl (C=O) groups is 2. The molecule has 0 fully saturated rings. The zero-order valence-corrected chi connectivity index (χ0v) is 17.0. The van der Waals surface area contributed by atoms with Gasteiger partial charge in [0.25, 0.3) is 5.91 Å². The number of nitrogens with zero attached hydrogens (tertiary/aromatic N) is 1. The van der Waals surface area contributed by atoms with Gasteiger partial charge in [-0.2, -0.15) is 0 Å². The summed E-state index contributed by atoms with van der Waals surface area (Å²) >= 11 is 0.